The van der Waals surface area contributed by atoms with Gasteiger partial charge in [0.05, 0.1) is 11.1 Å². The summed E-state index contributed by atoms with van der Waals surface area (Å²) in [4.78, 5) is 30.8. The van der Waals surface area contributed by atoms with Crippen LogP contribution in [0.3, 0.4) is 0 Å². The number of primary amides is 1. The van der Waals surface area contributed by atoms with Crippen molar-refractivity contribution in [2.24, 2.45) is 5.73 Å². The fraction of sp³-hybridized carbons (Fsp3) is 0.348. The quantitative estimate of drug-likeness (QED) is 0.650. The average Bonchev–Trinajstić information content (AvgIpc) is 3.65. The van der Waals surface area contributed by atoms with E-state index >= 15 is 0 Å². The van der Waals surface area contributed by atoms with Gasteiger partial charge in [-0.05, 0) is 29.9 Å². The Balaban J connectivity index is 1.83. The van der Waals surface area contributed by atoms with Gasteiger partial charge in [-0.15, -0.1) is 0 Å². The second-order valence-corrected chi connectivity index (χ2v) is 8.89. The number of nitriles is 2. The molecule has 1 aliphatic heterocycles. The molecule has 2 amide bonds. The van der Waals surface area contributed by atoms with Crippen molar-refractivity contribution in [3.63, 3.8) is 0 Å². The topological polar surface area (TPSA) is 136 Å². The molecule has 0 spiro atoms. The van der Waals surface area contributed by atoms with E-state index < -0.39 is 11.2 Å². The number of carbonyl (C=O) groups is 2. The lowest BCUT2D eigenvalue weighted by Gasteiger charge is -2.25. The maximum atomic E-state index is 12.3. The summed E-state index contributed by atoms with van der Waals surface area (Å²) >= 11 is 1.14. The normalized spacial score (nSPS) is 16.9. The Labute approximate surface area is 190 Å². The molecule has 2 aliphatic rings. The van der Waals surface area contributed by atoms with E-state index in [1.54, 1.807) is 0 Å². The van der Waals surface area contributed by atoms with E-state index in [9.17, 15) is 20.1 Å². The number of hydrogen-bond acceptors (Lipinski definition) is 7. The highest BCUT2D eigenvalue weighted by atomic mass is 32.2. The van der Waals surface area contributed by atoms with Gasteiger partial charge in [0, 0.05) is 26.1 Å². The van der Waals surface area contributed by atoms with Crippen LogP contribution in [0, 0.1) is 22.7 Å². The van der Waals surface area contributed by atoms with Gasteiger partial charge in [-0.25, -0.2) is 4.98 Å². The maximum Gasteiger partial charge on any atom is 0.235 e. The molecule has 1 saturated heterocycles. The first-order chi connectivity index (χ1) is 15.5. The van der Waals surface area contributed by atoms with Crippen molar-refractivity contribution in [1.82, 2.24) is 10.3 Å². The van der Waals surface area contributed by atoms with Crippen molar-refractivity contribution >= 4 is 29.4 Å². The first-order valence-electron chi connectivity index (χ1n) is 10.4. The van der Waals surface area contributed by atoms with E-state index in [1.165, 1.54) is 0 Å². The summed E-state index contributed by atoms with van der Waals surface area (Å²) in [5, 5.41) is 22.5. The fourth-order valence-electron chi connectivity index (χ4n) is 3.89. The van der Waals surface area contributed by atoms with Crippen LogP contribution in [0.2, 0.25) is 0 Å². The Kier molecular flexibility index (Phi) is 6.29. The molecule has 8 nitrogen and oxygen atoms in total. The number of amides is 2. The van der Waals surface area contributed by atoms with E-state index in [1.807, 2.05) is 35.2 Å². The second kappa shape index (κ2) is 9.29. The minimum atomic E-state index is -0.726. The molecule has 9 heteroatoms. The number of pyridine rings is 1. The van der Waals surface area contributed by atoms with Crippen molar-refractivity contribution in [3.05, 3.63) is 52.6 Å². The Hall–Kier alpha value is -3.56. The third-order valence-corrected chi connectivity index (χ3v) is 6.85. The van der Waals surface area contributed by atoms with Crippen molar-refractivity contribution in [2.45, 2.75) is 35.5 Å². The Bertz CT molecular complexity index is 1130. The van der Waals surface area contributed by atoms with Gasteiger partial charge >= 0.3 is 0 Å². The number of nitrogens with one attached hydrogen (secondary N) is 1. The maximum absolute atomic E-state index is 12.3. The molecule has 1 aromatic heterocycles. The number of anilines is 1. The van der Waals surface area contributed by atoms with Crippen LogP contribution in [0.5, 0.6) is 0 Å². The van der Waals surface area contributed by atoms with E-state index in [2.05, 4.69) is 17.5 Å². The van der Waals surface area contributed by atoms with Crippen LogP contribution in [-0.4, -0.2) is 36.4 Å². The Morgan fingerprint density at radius 3 is 2.53 bits per heavy atom. The molecule has 162 valence electrons. The van der Waals surface area contributed by atoms with E-state index in [-0.39, 0.29) is 11.8 Å². The molecule has 1 unspecified atom stereocenters. The van der Waals surface area contributed by atoms with Crippen LogP contribution in [0.15, 0.2) is 35.4 Å². The van der Waals surface area contributed by atoms with Gasteiger partial charge in [0.2, 0.25) is 11.8 Å². The molecule has 2 fully saturated rings. The van der Waals surface area contributed by atoms with Gasteiger partial charge < -0.3 is 16.0 Å². The smallest absolute Gasteiger partial charge is 0.235 e. The summed E-state index contributed by atoms with van der Waals surface area (Å²) in [7, 11) is 0. The fourth-order valence-corrected chi connectivity index (χ4v) is 4.94. The third kappa shape index (κ3) is 4.39. The number of hydrogen-bond donors (Lipinski definition) is 2. The number of rotatable bonds is 6. The van der Waals surface area contributed by atoms with Gasteiger partial charge in [0.1, 0.15) is 28.2 Å². The van der Waals surface area contributed by atoms with Gasteiger partial charge in [0.25, 0.3) is 0 Å². The largest absolute Gasteiger partial charge is 0.368 e. The van der Waals surface area contributed by atoms with Gasteiger partial charge in [-0.1, -0.05) is 42.1 Å². The molecule has 4 rings (SSSR count). The first kappa shape index (κ1) is 21.7. The third-order valence-electron chi connectivity index (χ3n) is 5.60. The Morgan fingerprint density at radius 1 is 1.19 bits per heavy atom. The van der Waals surface area contributed by atoms with E-state index in [0.717, 1.165) is 30.2 Å². The van der Waals surface area contributed by atoms with Crippen LogP contribution in [0.4, 0.5) is 5.82 Å². The zero-order chi connectivity index (χ0) is 22.7. The number of nitrogens with two attached hydrogens (primary N) is 1. The molecule has 3 N–H and O–H groups in total. The number of carbonyl (C=O) groups excluding carboxylic acids is 2. The van der Waals surface area contributed by atoms with Crippen LogP contribution in [0.25, 0.3) is 0 Å². The van der Waals surface area contributed by atoms with Crippen molar-refractivity contribution in [2.75, 3.05) is 24.5 Å². The highest BCUT2D eigenvalue weighted by Crippen LogP contribution is 2.48. The molecule has 0 radical (unpaired) electrons. The van der Waals surface area contributed by atoms with Crippen LogP contribution in [-0.2, 0) is 9.59 Å². The van der Waals surface area contributed by atoms with Crippen LogP contribution in [0.1, 0.15) is 52.7 Å². The van der Waals surface area contributed by atoms with Gasteiger partial charge in [-0.3, -0.25) is 9.59 Å². The molecule has 2 heterocycles. The summed E-state index contributed by atoms with van der Waals surface area (Å²) in [6.45, 7) is 1.37. The summed E-state index contributed by atoms with van der Waals surface area (Å²) in [6, 6.07) is 13.6. The van der Waals surface area contributed by atoms with Gasteiger partial charge in [-0.2, -0.15) is 10.5 Å². The zero-order valence-corrected chi connectivity index (χ0v) is 18.2. The summed E-state index contributed by atoms with van der Waals surface area (Å²) in [5.41, 5.74) is 7.85. The number of aromatic nitrogens is 1. The molecule has 1 saturated carbocycles. The van der Waals surface area contributed by atoms with Crippen molar-refractivity contribution in [1.29, 1.82) is 10.5 Å². The molecule has 1 aromatic carbocycles. The lowest BCUT2D eigenvalue weighted by Crippen LogP contribution is -2.30. The zero-order valence-electron chi connectivity index (χ0n) is 17.4. The van der Waals surface area contributed by atoms with Crippen LogP contribution >= 0.6 is 11.8 Å². The van der Waals surface area contributed by atoms with Crippen molar-refractivity contribution < 1.29 is 9.59 Å². The highest BCUT2D eigenvalue weighted by Gasteiger charge is 2.35. The molecule has 0 bridgehead atoms. The molecular formula is C23H22N6O2S. The standard InChI is InChI=1S/C23H22N6O2S/c24-12-16-19(14-6-7-14)17(13-25)23(28-22(16)29-10-8-18(30)27-9-11-29)32-20(21(26)31)15-4-2-1-3-5-15/h1-5,14,20H,6-11H2,(H2,26,31)(H,27,30). The lowest BCUT2D eigenvalue weighted by atomic mass is 9.99. The minimum Gasteiger partial charge on any atom is -0.368 e. The second-order valence-electron chi connectivity index (χ2n) is 7.80. The number of nitrogens with zero attached hydrogens (tertiary/aromatic N) is 4. The summed E-state index contributed by atoms with van der Waals surface area (Å²) < 4.78 is 0. The van der Waals surface area contributed by atoms with Gasteiger partial charge in [0.15, 0.2) is 0 Å². The number of benzene rings is 1. The first-order valence-corrected chi connectivity index (χ1v) is 11.3. The lowest BCUT2D eigenvalue weighted by molar-refractivity contribution is -0.120. The average molecular weight is 447 g/mol. The summed E-state index contributed by atoms with van der Waals surface area (Å²) in [6.07, 6.45) is 2.09. The van der Waals surface area contributed by atoms with E-state index in [0.29, 0.717) is 53.6 Å². The Morgan fingerprint density at radius 2 is 1.91 bits per heavy atom. The van der Waals surface area contributed by atoms with E-state index in [4.69, 9.17) is 10.7 Å². The molecule has 32 heavy (non-hydrogen) atoms. The number of thioether (sulfide) groups is 1. The predicted molar refractivity (Wildman–Crippen MR) is 120 cm³/mol. The van der Waals surface area contributed by atoms with Crippen LogP contribution < -0.4 is 16.0 Å². The minimum absolute atomic E-state index is 0.0467. The highest BCUT2D eigenvalue weighted by molar-refractivity contribution is 8.00. The monoisotopic (exact) mass is 446 g/mol. The molecule has 1 aliphatic carbocycles. The summed E-state index contributed by atoms with van der Waals surface area (Å²) in [5.74, 6) is 0.00412. The molecular weight excluding hydrogens is 424 g/mol. The predicted octanol–water partition coefficient (Wildman–Crippen LogP) is 2.35. The molecule has 2 aromatic rings. The van der Waals surface area contributed by atoms with Crippen molar-refractivity contribution in [3.8, 4) is 12.1 Å². The molecule has 1 atom stereocenters. The SMILES string of the molecule is N#Cc1c(SC(C(N)=O)c2ccccc2)nc(N2CCNC(=O)CC2)c(C#N)c1C1CC1.